The second-order valence-corrected chi connectivity index (χ2v) is 2.13. The molecule has 0 fully saturated rings. The third-order valence-corrected chi connectivity index (χ3v) is 0. The van der Waals surface area contributed by atoms with Gasteiger partial charge in [-0.1, -0.05) is 0 Å². The van der Waals surface area contributed by atoms with Crippen molar-refractivity contribution in [1.29, 1.82) is 0 Å². The first-order valence-electron chi connectivity index (χ1n) is 2.23. The van der Waals surface area contributed by atoms with Crippen LogP contribution in [-0.4, -0.2) is 63.5 Å². The Kier molecular flexibility index (Phi) is 73.5. The van der Waals surface area contributed by atoms with E-state index in [1.54, 1.807) is 0 Å². The summed E-state index contributed by atoms with van der Waals surface area (Å²) in [5.41, 5.74) is 0. The Hall–Kier alpha value is 2.77. The van der Waals surface area contributed by atoms with Gasteiger partial charge in [-0.25, -0.2) is 0 Å². The molecule has 0 aliphatic rings. The first kappa shape index (κ1) is 30.6. The first-order chi connectivity index (χ1) is 6.29. The normalized spacial score (nSPS) is 4.67. The van der Waals surface area contributed by atoms with Crippen LogP contribution >= 0.6 is 0 Å². The van der Waals surface area contributed by atoms with E-state index in [0.717, 1.165) is 0 Å². The van der Waals surface area contributed by atoms with Crippen molar-refractivity contribution in [1.82, 2.24) is 0 Å². The molecule has 76 valence electrons. The van der Waals surface area contributed by atoms with Crippen molar-refractivity contribution in [2.45, 2.75) is 0 Å². The van der Waals surface area contributed by atoms with Gasteiger partial charge in [0.2, 0.25) is 0 Å². The number of rotatable bonds is 0. The van der Waals surface area contributed by atoms with Crippen LogP contribution in [0.4, 0.5) is 0 Å². The molecule has 10 nitrogen and oxygen atoms in total. The Morgan fingerprint density at radius 2 is 0.600 bits per heavy atom. The predicted molar refractivity (Wildman–Crippen MR) is 20.0 cm³/mol. The molecular formula is B2BaO10U2. The molecule has 0 unspecified atom stereocenters. The predicted octanol–water partition coefficient (Wildman–Crippen LogP) is -8.75. The third kappa shape index (κ3) is 478. The Balaban J connectivity index is -0.0000000293. The molecule has 0 saturated carbocycles. The van der Waals surface area contributed by atoms with Crippen LogP contribution in [0.2, 0.25) is 0 Å². The number of hydrogen-bond donors (Lipinski definition) is 0. The fourth-order valence-electron chi connectivity index (χ4n) is 0. The molecular weight excluding hydrogens is 795 g/mol. The third-order valence-electron chi connectivity index (χ3n) is 0. The van der Waals surface area contributed by atoms with Crippen molar-refractivity contribution in [2.75, 3.05) is 0 Å². The van der Waals surface area contributed by atoms with Crippen LogP contribution in [0.3, 0.4) is 0 Å². The summed E-state index contributed by atoms with van der Waals surface area (Å²) in [6.45, 7) is 0. The molecule has 0 radical (unpaired) electrons. The fraction of sp³-hybridized carbons (Fsp3) is 0. The summed E-state index contributed by atoms with van der Waals surface area (Å²) in [6, 6.07) is 0. The topological polar surface area (TPSA) is 207 Å². The SMILES string of the molecule is [Ba+2].[O-]B([O-])[O-].[O-]B([O-])[O-].[O]=[U+2]=[O].[O]=[U+2]=[O]. The van der Waals surface area contributed by atoms with Crippen molar-refractivity contribution in [3.8, 4) is 0 Å². The Bertz CT molecular complexity index is 124. The summed E-state index contributed by atoms with van der Waals surface area (Å²) in [4.78, 5) is 0. The maximum absolute atomic E-state index is 8.58. The van der Waals surface area contributed by atoms with E-state index in [9.17, 15) is 0 Å². The molecule has 0 rings (SSSR count). The summed E-state index contributed by atoms with van der Waals surface area (Å²) in [5.74, 6) is 0. The van der Waals surface area contributed by atoms with E-state index in [1.165, 1.54) is 0 Å². The Morgan fingerprint density at radius 3 is 0.600 bits per heavy atom. The van der Waals surface area contributed by atoms with Gasteiger partial charge < -0.3 is 30.1 Å². The van der Waals surface area contributed by atoms with Crippen molar-refractivity contribution in [2.24, 2.45) is 0 Å². The van der Waals surface area contributed by atoms with Crippen LogP contribution in [0.15, 0.2) is 0 Å². The Labute approximate surface area is 155 Å². The minimum absolute atomic E-state index is 0. The molecule has 0 aromatic rings. The van der Waals surface area contributed by atoms with Gasteiger partial charge in [0.15, 0.2) is 0 Å². The fourth-order valence-corrected chi connectivity index (χ4v) is 0. The molecule has 0 aromatic carbocycles. The van der Waals surface area contributed by atoms with Gasteiger partial charge in [-0.15, -0.1) is 0 Å². The van der Waals surface area contributed by atoms with Crippen molar-refractivity contribution in [3.63, 3.8) is 0 Å². The van der Waals surface area contributed by atoms with Gasteiger partial charge >= 0.3 is 113 Å². The van der Waals surface area contributed by atoms with Gasteiger partial charge in [0.1, 0.15) is 0 Å². The van der Waals surface area contributed by atoms with Crippen LogP contribution in [0.5, 0.6) is 0 Å². The van der Waals surface area contributed by atoms with Crippen molar-refractivity contribution < 1.29 is 94.7 Å². The van der Waals surface area contributed by atoms with Gasteiger partial charge in [0.05, 0.1) is 0 Å². The zero-order valence-corrected chi connectivity index (χ0v) is 19.7. The van der Waals surface area contributed by atoms with Crippen LogP contribution in [0.1, 0.15) is 0 Å². The van der Waals surface area contributed by atoms with E-state index in [0.29, 0.717) is 0 Å². The molecule has 0 N–H and O–H groups in total. The van der Waals surface area contributed by atoms with Gasteiger partial charge in [-0.2, -0.15) is 0 Å². The molecule has 15 heavy (non-hydrogen) atoms. The zero-order chi connectivity index (χ0) is 12.6. The number of hydrogen-bond acceptors (Lipinski definition) is 10. The average Bonchev–Trinajstić information content (AvgIpc) is 1.85. The molecule has 0 bridgehead atoms. The van der Waals surface area contributed by atoms with E-state index in [2.05, 4.69) is 0 Å². The summed E-state index contributed by atoms with van der Waals surface area (Å²) >= 11 is -5.01. The van der Waals surface area contributed by atoms with Crippen LogP contribution in [-0.2, 0) is 8.94 Å². The second-order valence-electron chi connectivity index (χ2n) is 0.744. The molecule has 0 aromatic heterocycles. The van der Waals surface area contributed by atoms with E-state index in [4.69, 9.17) is 39.1 Å². The van der Waals surface area contributed by atoms with Gasteiger partial charge in [0.25, 0.3) is 0 Å². The molecule has 0 saturated heterocycles. The standard InChI is InChI=1S/2BO3.Ba.4O.2U/c2*2-1(3)4;;;;;;;/q2*-3;+2;;;;;2*+2. The molecule has 0 aliphatic heterocycles. The minimum atomic E-state index is -2.92. The summed E-state index contributed by atoms with van der Waals surface area (Å²) in [7, 11) is -5.83. The van der Waals surface area contributed by atoms with E-state index >= 15 is 0 Å². The molecule has 0 heterocycles. The van der Waals surface area contributed by atoms with Crippen LogP contribution in [0.25, 0.3) is 0 Å². The van der Waals surface area contributed by atoms with Crippen LogP contribution < -0.4 is 30.1 Å². The maximum atomic E-state index is 8.58. The molecule has 0 atom stereocenters. The van der Waals surface area contributed by atoms with E-state index < -0.39 is 70.3 Å². The van der Waals surface area contributed by atoms with E-state index in [1.807, 2.05) is 0 Å². The summed E-state index contributed by atoms with van der Waals surface area (Å²) in [5, 5.41) is 50.5. The monoisotopic (exact) mass is 796 g/mol. The molecule has 0 aliphatic carbocycles. The summed E-state index contributed by atoms with van der Waals surface area (Å²) in [6.07, 6.45) is 0. The van der Waals surface area contributed by atoms with Crippen LogP contribution in [0, 0.1) is 55.6 Å². The zero-order valence-electron chi connectivity index (χ0n) is 6.94. The Morgan fingerprint density at radius 1 is 0.600 bits per heavy atom. The first-order valence-corrected chi connectivity index (χ1v) is 9.03. The average molecular weight is 795 g/mol. The van der Waals surface area contributed by atoms with E-state index in [-0.39, 0.29) is 48.9 Å². The van der Waals surface area contributed by atoms with Gasteiger partial charge in [-0.3, -0.25) is 14.6 Å². The van der Waals surface area contributed by atoms with Crippen molar-refractivity contribution in [3.05, 3.63) is 0 Å². The molecule has 0 spiro atoms. The summed E-state index contributed by atoms with van der Waals surface area (Å²) < 4.78 is 34.3. The van der Waals surface area contributed by atoms with Gasteiger partial charge in [0, 0.05) is 0 Å². The molecule has 0 amide bonds. The molecule has 15 heteroatoms. The van der Waals surface area contributed by atoms with Gasteiger partial charge in [-0.05, 0) is 0 Å². The quantitative estimate of drug-likeness (QED) is 0.212. The second kappa shape index (κ2) is 36.0. The van der Waals surface area contributed by atoms with Crippen molar-refractivity contribution >= 4 is 63.5 Å².